The van der Waals surface area contributed by atoms with Crippen LogP contribution < -0.4 is 10.1 Å². The molecule has 1 saturated heterocycles. The Morgan fingerprint density at radius 3 is 2.95 bits per heavy atom. The van der Waals surface area contributed by atoms with Crippen molar-refractivity contribution in [3.63, 3.8) is 0 Å². The van der Waals surface area contributed by atoms with Crippen molar-refractivity contribution in [1.29, 1.82) is 0 Å². The number of benzene rings is 1. The predicted molar refractivity (Wildman–Crippen MR) is 87.9 cm³/mol. The number of nitrogens with one attached hydrogen (secondary N) is 1. The van der Waals surface area contributed by atoms with Gasteiger partial charge < -0.3 is 10.1 Å². The molecule has 2 rings (SSSR count). The van der Waals surface area contributed by atoms with Gasteiger partial charge in [0.25, 0.3) is 0 Å². The van der Waals surface area contributed by atoms with E-state index >= 15 is 0 Å². The molecule has 0 amide bonds. The van der Waals surface area contributed by atoms with Crippen molar-refractivity contribution < 1.29 is 4.74 Å². The first kappa shape index (κ1) is 15.7. The second kappa shape index (κ2) is 7.34. The fourth-order valence-electron chi connectivity index (χ4n) is 2.83. The van der Waals surface area contributed by atoms with E-state index in [0.717, 1.165) is 18.8 Å². The topological polar surface area (TPSA) is 24.5 Å². The fraction of sp³-hybridized carbons (Fsp3) is 0.625. The van der Waals surface area contributed by atoms with Crippen molar-refractivity contribution in [1.82, 2.24) is 10.2 Å². The van der Waals surface area contributed by atoms with Crippen LogP contribution in [0.1, 0.15) is 24.1 Å². The number of aryl methyl sites for hydroxylation is 1. The molecular formula is C16H26N2OS. The van der Waals surface area contributed by atoms with E-state index in [2.05, 4.69) is 61.1 Å². The van der Waals surface area contributed by atoms with Crippen molar-refractivity contribution in [2.24, 2.45) is 0 Å². The van der Waals surface area contributed by atoms with E-state index < -0.39 is 0 Å². The highest BCUT2D eigenvalue weighted by atomic mass is 32.2. The molecule has 1 aromatic rings. The Labute approximate surface area is 127 Å². The monoisotopic (exact) mass is 294 g/mol. The number of ether oxygens (including phenoxy) is 1. The number of thioether (sulfide) groups is 1. The van der Waals surface area contributed by atoms with Gasteiger partial charge in [0.1, 0.15) is 5.75 Å². The largest absolute Gasteiger partial charge is 0.496 e. The highest BCUT2D eigenvalue weighted by molar-refractivity contribution is 7.99. The zero-order valence-electron chi connectivity index (χ0n) is 13.0. The molecule has 1 heterocycles. The predicted octanol–water partition coefficient (Wildman–Crippen LogP) is 2.70. The molecule has 0 bridgehead atoms. The van der Waals surface area contributed by atoms with E-state index in [1.54, 1.807) is 7.11 Å². The molecule has 0 aromatic heterocycles. The molecule has 4 heteroatoms. The van der Waals surface area contributed by atoms with E-state index in [1.165, 1.54) is 22.6 Å². The Kier molecular flexibility index (Phi) is 5.75. The van der Waals surface area contributed by atoms with Crippen LogP contribution in [0.2, 0.25) is 0 Å². The van der Waals surface area contributed by atoms with Crippen molar-refractivity contribution in [3.05, 3.63) is 29.3 Å². The molecule has 0 spiro atoms. The molecule has 1 aliphatic rings. The van der Waals surface area contributed by atoms with Crippen LogP contribution in [0, 0.1) is 6.92 Å². The van der Waals surface area contributed by atoms with Crippen molar-refractivity contribution in [2.75, 3.05) is 38.8 Å². The molecule has 3 nitrogen and oxygen atoms in total. The van der Waals surface area contributed by atoms with Gasteiger partial charge in [-0.25, -0.2) is 0 Å². The van der Waals surface area contributed by atoms with Crippen LogP contribution in [0.5, 0.6) is 5.75 Å². The summed E-state index contributed by atoms with van der Waals surface area (Å²) < 4.78 is 5.59. The van der Waals surface area contributed by atoms with Crippen LogP contribution in [-0.2, 0) is 0 Å². The Hall–Kier alpha value is -0.710. The van der Waals surface area contributed by atoms with Crippen molar-refractivity contribution in [3.8, 4) is 5.75 Å². The average Bonchev–Trinajstić information content (AvgIpc) is 2.46. The molecule has 1 aliphatic heterocycles. The Morgan fingerprint density at radius 2 is 2.30 bits per heavy atom. The number of rotatable bonds is 5. The van der Waals surface area contributed by atoms with Crippen LogP contribution in [0.15, 0.2) is 18.2 Å². The lowest BCUT2D eigenvalue weighted by Crippen LogP contribution is -2.47. The molecule has 1 aromatic carbocycles. The minimum absolute atomic E-state index is 0.327. The minimum atomic E-state index is 0.327. The summed E-state index contributed by atoms with van der Waals surface area (Å²) in [7, 11) is 3.99. The quantitative estimate of drug-likeness (QED) is 0.902. The van der Waals surface area contributed by atoms with Crippen LogP contribution in [0.25, 0.3) is 0 Å². The number of hydrogen-bond acceptors (Lipinski definition) is 4. The third-order valence-corrected chi connectivity index (χ3v) is 5.02. The van der Waals surface area contributed by atoms with Crippen LogP contribution >= 0.6 is 11.8 Å². The zero-order chi connectivity index (χ0) is 14.5. The van der Waals surface area contributed by atoms with E-state index in [0.29, 0.717) is 12.1 Å². The Bertz CT molecular complexity index is 438. The van der Waals surface area contributed by atoms with Gasteiger partial charge >= 0.3 is 0 Å². The lowest BCUT2D eigenvalue weighted by Gasteiger charge is -2.38. The normalized spacial score (nSPS) is 21.7. The molecule has 2 atom stereocenters. The first-order valence-electron chi connectivity index (χ1n) is 7.33. The first-order chi connectivity index (χ1) is 9.67. The highest BCUT2D eigenvalue weighted by Gasteiger charge is 2.30. The number of methoxy groups -OCH3 is 1. The molecule has 0 radical (unpaired) electrons. The first-order valence-corrected chi connectivity index (χ1v) is 8.48. The Morgan fingerprint density at radius 1 is 1.50 bits per heavy atom. The van der Waals surface area contributed by atoms with Gasteiger partial charge in [-0.3, -0.25) is 4.90 Å². The molecule has 2 unspecified atom stereocenters. The number of likely N-dealkylation sites (N-methyl/N-ethyl adjacent to an activating group) is 2. The minimum Gasteiger partial charge on any atom is -0.496 e. The molecular weight excluding hydrogens is 268 g/mol. The van der Waals surface area contributed by atoms with Gasteiger partial charge in [-0.05, 0) is 26.6 Å². The average molecular weight is 294 g/mol. The lowest BCUT2D eigenvalue weighted by atomic mass is 9.96. The van der Waals surface area contributed by atoms with Gasteiger partial charge in [-0.1, -0.05) is 24.6 Å². The molecule has 1 N–H and O–H groups in total. The summed E-state index contributed by atoms with van der Waals surface area (Å²) in [5.74, 6) is 3.40. The Balaban J connectivity index is 2.34. The van der Waals surface area contributed by atoms with Gasteiger partial charge in [-0.2, -0.15) is 11.8 Å². The second-order valence-corrected chi connectivity index (χ2v) is 6.55. The maximum atomic E-state index is 5.59. The van der Waals surface area contributed by atoms with Crippen LogP contribution in [-0.4, -0.2) is 49.7 Å². The summed E-state index contributed by atoms with van der Waals surface area (Å²) in [6, 6.07) is 7.31. The molecule has 112 valence electrons. The van der Waals surface area contributed by atoms with Crippen LogP contribution in [0.3, 0.4) is 0 Å². The maximum absolute atomic E-state index is 5.59. The summed E-state index contributed by atoms with van der Waals surface area (Å²) >= 11 is 2.05. The summed E-state index contributed by atoms with van der Waals surface area (Å²) in [5.41, 5.74) is 2.57. The van der Waals surface area contributed by atoms with Gasteiger partial charge in [0, 0.05) is 29.7 Å². The molecule has 1 fully saturated rings. The smallest absolute Gasteiger partial charge is 0.123 e. The number of hydrogen-bond donors (Lipinski definition) is 1. The molecule has 0 saturated carbocycles. The maximum Gasteiger partial charge on any atom is 0.123 e. The zero-order valence-corrected chi connectivity index (χ0v) is 13.8. The van der Waals surface area contributed by atoms with Gasteiger partial charge in [-0.15, -0.1) is 0 Å². The third kappa shape index (κ3) is 3.48. The molecule has 0 aliphatic carbocycles. The molecule has 20 heavy (non-hydrogen) atoms. The summed E-state index contributed by atoms with van der Waals surface area (Å²) in [6.45, 7) is 6.44. The summed E-state index contributed by atoms with van der Waals surface area (Å²) in [5, 5.41) is 3.67. The number of nitrogens with zero attached hydrogens (tertiary/aromatic N) is 1. The van der Waals surface area contributed by atoms with Gasteiger partial charge in [0.2, 0.25) is 0 Å². The summed E-state index contributed by atoms with van der Waals surface area (Å²) in [6.07, 6.45) is 0. The standard InChI is InChI=1S/C16H26N2OS/c1-5-17-16(14-11-20-9-8-18(14)3)13-10-12(2)6-7-15(13)19-4/h6-7,10,14,16-17H,5,8-9,11H2,1-4H3. The van der Waals surface area contributed by atoms with Gasteiger partial charge in [0.05, 0.1) is 13.2 Å². The van der Waals surface area contributed by atoms with Crippen molar-refractivity contribution >= 4 is 11.8 Å². The SMILES string of the molecule is CCNC(c1cc(C)ccc1OC)C1CSCCN1C. The second-order valence-electron chi connectivity index (χ2n) is 5.40. The van der Waals surface area contributed by atoms with E-state index in [4.69, 9.17) is 4.74 Å². The van der Waals surface area contributed by atoms with E-state index in [-0.39, 0.29) is 0 Å². The lowest BCUT2D eigenvalue weighted by molar-refractivity contribution is 0.214. The van der Waals surface area contributed by atoms with E-state index in [9.17, 15) is 0 Å². The third-order valence-electron chi connectivity index (χ3n) is 3.97. The summed E-state index contributed by atoms with van der Waals surface area (Å²) in [4.78, 5) is 2.48. The van der Waals surface area contributed by atoms with Crippen molar-refractivity contribution in [2.45, 2.75) is 25.9 Å². The van der Waals surface area contributed by atoms with Crippen LogP contribution in [0.4, 0.5) is 0 Å². The van der Waals surface area contributed by atoms with Gasteiger partial charge in [0.15, 0.2) is 0 Å². The fourth-order valence-corrected chi connectivity index (χ4v) is 4.10. The van der Waals surface area contributed by atoms with E-state index in [1.807, 2.05) is 0 Å². The highest BCUT2D eigenvalue weighted by Crippen LogP contribution is 2.33.